The predicted molar refractivity (Wildman–Crippen MR) is 115 cm³/mol. The summed E-state index contributed by atoms with van der Waals surface area (Å²) >= 11 is 1.68. The molecular formula is C21H23N3O4S2. The van der Waals surface area contributed by atoms with Gasteiger partial charge in [-0.2, -0.15) is 9.29 Å². The van der Waals surface area contributed by atoms with E-state index in [0.717, 1.165) is 5.56 Å². The topological polar surface area (TPSA) is 85.5 Å². The predicted octanol–water partition coefficient (Wildman–Crippen LogP) is 4.04. The molecular weight excluding hydrogens is 422 g/mol. The highest BCUT2D eigenvalue weighted by Crippen LogP contribution is 2.31. The number of sulfonamides is 1. The third kappa shape index (κ3) is 4.23. The highest BCUT2D eigenvalue weighted by atomic mass is 32.2. The Kier molecular flexibility index (Phi) is 6.12. The van der Waals surface area contributed by atoms with Gasteiger partial charge in [-0.25, -0.2) is 8.42 Å². The minimum absolute atomic E-state index is 0.0547. The summed E-state index contributed by atoms with van der Waals surface area (Å²) in [7, 11) is -1.98. The lowest BCUT2D eigenvalue weighted by molar-refractivity contribution is 0.271. The summed E-state index contributed by atoms with van der Waals surface area (Å²) in [5.74, 6) is 1.81. The zero-order valence-electron chi connectivity index (χ0n) is 16.8. The molecule has 0 bridgehead atoms. The zero-order chi connectivity index (χ0) is 21.1. The number of thioether (sulfide) groups is 1. The van der Waals surface area contributed by atoms with Crippen molar-refractivity contribution in [1.29, 1.82) is 0 Å². The summed E-state index contributed by atoms with van der Waals surface area (Å²) in [5, 5.41) is 4.11. The first-order valence-electron chi connectivity index (χ1n) is 9.63. The van der Waals surface area contributed by atoms with Crippen LogP contribution in [0.3, 0.4) is 0 Å². The molecule has 2 aromatic carbocycles. The molecule has 0 N–H and O–H groups in total. The van der Waals surface area contributed by atoms with Crippen LogP contribution in [0.4, 0.5) is 0 Å². The molecule has 1 aromatic heterocycles. The van der Waals surface area contributed by atoms with Crippen molar-refractivity contribution >= 4 is 21.8 Å². The molecule has 3 aromatic rings. The van der Waals surface area contributed by atoms with Crippen LogP contribution in [0.25, 0.3) is 11.4 Å². The SMILES string of the molecule is COc1ccc(S(=O)(=O)N2CCC(c3nc(-c4ccc(SC)cc4)no3)CC2)cc1. The smallest absolute Gasteiger partial charge is 0.243 e. The molecule has 0 radical (unpaired) electrons. The molecule has 0 saturated carbocycles. The molecule has 0 atom stereocenters. The van der Waals surface area contributed by atoms with Crippen molar-refractivity contribution < 1.29 is 17.7 Å². The third-order valence-corrected chi connectivity index (χ3v) is 7.95. The van der Waals surface area contributed by atoms with Crippen LogP contribution in [0.5, 0.6) is 5.75 Å². The van der Waals surface area contributed by atoms with E-state index in [-0.39, 0.29) is 10.8 Å². The van der Waals surface area contributed by atoms with Crippen molar-refractivity contribution in [3.8, 4) is 17.1 Å². The van der Waals surface area contributed by atoms with E-state index < -0.39 is 10.0 Å². The molecule has 0 aliphatic carbocycles. The van der Waals surface area contributed by atoms with Crippen LogP contribution in [0.1, 0.15) is 24.7 Å². The number of rotatable bonds is 6. The number of methoxy groups -OCH3 is 1. The molecule has 9 heteroatoms. The largest absolute Gasteiger partial charge is 0.497 e. The Morgan fingerprint density at radius 2 is 1.73 bits per heavy atom. The highest BCUT2D eigenvalue weighted by Gasteiger charge is 2.32. The van der Waals surface area contributed by atoms with Gasteiger partial charge in [-0.15, -0.1) is 11.8 Å². The van der Waals surface area contributed by atoms with E-state index in [1.807, 2.05) is 30.5 Å². The summed E-state index contributed by atoms with van der Waals surface area (Å²) in [6, 6.07) is 14.5. The van der Waals surface area contributed by atoms with Gasteiger partial charge in [0.2, 0.25) is 21.7 Å². The molecule has 1 aliphatic heterocycles. The van der Waals surface area contributed by atoms with Crippen LogP contribution in [0.15, 0.2) is 62.8 Å². The maximum Gasteiger partial charge on any atom is 0.243 e. The number of aromatic nitrogens is 2. The van der Waals surface area contributed by atoms with Crippen molar-refractivity contribution in [2.45, 2.75) is 28.6 Å². The molecule has 2 heterocycles. The van der Waals surface area contributed by atoms with Gasteiger partial charge in [-0.3, -0.25) is 0 Å². The van der Waals surface area contributed by atoms with Crippen LogP contribution in [-0.4, -0.2) is 49.3 Å². The van der Waals surface area contributed by atoms with E-state index in [1.165, 1.54) is 9.20 Å². The first-order chi connectivity index (χ1) is 14.5. The third-order valence-electron chi connectivity index (χ3n) is 5.29. The maximum atomic E-state index is 12.9. The Hall–Kier alpha value is -2.36. The lowest BCUT2D eigenvalue weighted by atomic mass is 9.98. The van der Waals surface area contributed by atoms with Crippen LogP contribution >= 0.6 is 11.8 Å². The van der Waals surface area contributed by atoms with E-state index in [4.69, 9.17) is 9.26 Å². The number of hydrogen-bond acceptors (Lipinski definition) is 7. The molecule has 7 nitrogen and oxygen atoms in total. The maximum absolute atomic E-state index is 12.9. The van der Waals surface area contributed by atoms with E-state index >= 15 is 0 Å². The van der Waals surface area contributed by atoms with Crippen molar-refractivity contribution in [2.75, 3.05) is 26.5 Å². The molecule has 1 saturated heterocycles. The number of benzene rings is 2. The zero-order valence-corrected chi connectivity index (χ0v) is 18.4. The number of piperidine rings is 1. The molecule has 0 spiro atoms. The molecule has 158 valence electrons. The highest BCUT2D eigenvalue weighted by molar-refractivity contribution is 7.98. The number of nitrogens with zero attached hydrogens (tertiary/aromatic N) is 3. The standard InChI is InChI=1S/C21H23N3O4S2/c1-27-17-5-9-19(10-6-17)30(25,26)24-13-11-16(12-14-24)21-22-20(23-28-21)15-3-7-18(29-2)8-4-15/h3-10,16H,11-14H2,1-2H3. The van der Waals surface area contributed by atoms with Crippen molar-refractivity contribution in [3.63, 3.8) is 0 Å². The van der Waals surface area contributed by atoms with E-state index in [9.17, 15) is 8.42 Å². The van der Waals surface area contributed by atoms with Crippen molar-refractivity contribution in [2.24, 2.45) is 0 Å². The lowest BCUT2D eigenvalue weighted by Crippen LogP contribution is -2.37. The Morgan fingerprint density at radius 3 is 2.33 bits per heavy atom. The Balaban J connectivity index is 1.42. The van der Waals surface area contributed by atoms with E-state index in [1.54, 1.807) is 43.1 Å². The Bertz CT molecular complexity index is 1090. The van der Waals surface area contributed by atoms with Gasteiger partial charge in [-0.05, 0) is 67.6 Å². The second kappa shape index (κ2) is 8.79. The first kappa shape index (κ1) is 20.9. The van der Waals surface area contributed by atoms with Gasteiger partial charge in [0, 0.05) is 29.5 Å². The summed E-state index contributed by atoms with van der Waals surface area (Å²) in [6.07, 6.45) is 3.31. The van der Waals surface area contributed by atoms with Gasteiger partial charge < -0.3 is 9.26 Å². The van der Waals surface area contributed by atoms with Crippen molar-refractivity contribution in [3.05, 3.63) is 54.4 Å². The van der Waals surface area contributed by atoms with E-state index in [0.29, 0.717) is 43.4 Å². The van der Waals surface area contributed by atoms with Gasteiger partial charge in [0.25, 0.3) is 0 Å². The fourth-order valence-electron chi connectivity index (χ4n) is 3.50. The van der Waals surface area contributed by atoms with Gasteiger partial charge in [0.05, 0.1) is 12.0 Å². The minimum Gasteiger partial charge on any atom is -0.497 e. The van der Waals surface area contributed by atoms with Crippen LogP contribution in [0, 0.1) is 0 Å². The van der Waals surface area contributed by atoms with Crippen LogP contribution < -0.4 is 4.74 Å². The molecule has 0 unspecified atom stereocenters. The minimum atomic E-state index is -3.53. The van der Waals surface area contributed by atoms with Gasteiger partial charge >= 0.3 is 0 Å². The van der Waals surface area contributed by atoms with E-state index in [2.05, 4.69) is 10.1 Å². The normalized spacial score (nSPS) is 15.9. The average Bonchev–Trinajstić information content (AvgIpc) is 3.29. The monoisotopic (exact) mass is 445 g/mol. The van der Waals surface area contributed by atoms with Crippen LogP contribution in [-0.2, 0) is 10.0 Å². The molecule has 1 fully saturated rings. The Morgan fingerprint density at radius 1 is 1.07 bits per heavy atom. The molecule has 30 heavy (non-hydrogen) atoms. The second-order valence-corrected chi connectivity index (χ2v) is 9.86. The molecule has 0 amide bonds. The summed E-state index contributed by atoms with van der Waals surface area (Å²) in [6.45, 7) is 0.832. The second-order valence-electron chi connectivity index (χ2n) is 7.04. The Labute approximate surface area is 180 Å². The summed E-state index contributed by atoms with van der Waals surface area (Å²) in [5.41, 5.74) is 0.905. The first-order valence-corrected chi connectivity index (χ1v) is 12.3. The number of ether oxygens (including phenoxy) is 1. The van der Waals surface area contributed by atoms with Crippen LogP contribution in [0.2, 0.25) is 0 Å². The summed E-state index contributed by atoms with van der Waals surface area (Å²) < 4.78 is 37.9. The van der Waals surface area contributed by atoms with Gasteiger partial charge in [0.1, 0.15) is 5.75 Å². The fraction of sp³-hybridized carbons (Fsp3) is 0.333. The fourth-order valence-corrected chi connectivity index (χ4v) is 5.38. The molecule has 4 rings (SSSR count). The average molecular weight is 446 g/mol. The quantitative estimate of drug-likeness (QED) is 0.529. The van der Waals surface area contributed by atoms with Gasteiger partial charge in [-0.1, -0.05) is 5.16 Å². The molecule has 1 aliphatic rings. The lowest BCUT2D eigenvalue weighted by Gasteiger charge is -2.29. The van der Waals surface area contributed by atoms with Crippen molar-refractivity contribution in [1.82, 2.24) is 14.4 Å². The summed E-state index contributed by atoms with van der Waals surface area (Å²) in [4.78, 5) is 6.01. The van der Waals surface area contributed by atoms with Gasteiger partial charge in [0.15, 0.2) is 0 Å². The number of hydrogen-bond donors (Lipinski definition) is 0.